The highest BCUT2D eigenvalue weighted by Gasteiger charge is 2.40. The molecule has 1 N–H and O–H groups in total. The third-order valence-corrected chi connectivity index (χ3v) is 7.72. The minimum absolute atomic E-state index is 0.249. The topological polar surface area (TPSA) is 26.7 Å². The summed E-state index contributed by atoms with van der Waals surface area (Å²) in [6.07, 6.45) is 12.4. The number of likely N-dealkylation sites (tertiary alicyclic amines) is 2. The molecular formula is C25H40N2O. The van der Waals surface area contributed by atoms with Crippen molar-refractivity contribution in [2.75, 3.05) is 32.7 Å². The molecule has 1 aliphatic carbocycles. The lowest BCUT2D eigenvalue weighted by Crippen LogP contribution is -2.50. The molecule has 0 spiro atoms. The largest absolute Gasteiger partial charge is 0.389 e. The second-order valence-electron chi connectivity index (χ2n) is 9.76. The molecule has 1 atom stereocenters. The molecule has 1 saturated carbocycles. The number of benzene rings is 1. The van der Waals surface area contributed by atoms with Crippen molar-refractivity contribution < 1.29 is 5.11 Å². The van der Waals surface area contributed by atoms with Crippen molar-refractivity contribution in [3.8, 4) is 0 Å². The van der Waals surface area contributed by atoms with Crippen LogP contribution in [-0.4, -0.2) is 59.3 Å². The minimum Gasteiger partial charge on any atom is -0.389 e. The number of piperidine rings is 2. The van der Waals surface area contributed by atoms with Crippen molar-refractivity contribution in [2.24, 2.45) is 0 Å². The van der Waals surface area contributed by atoms with Crippen molar-refractivity contribution in [3.05, 3.63) is 35.4 Å². The molecule has 0 aromatic heterocycles. The van der Waals surface area contributed by atoms with Gasteiger partial charge in [-0.2, -0.15) is 0 Å². The third kappa shape index (κ3) is 4.80. The summed E-state index contributed by atoms with van der Waals surface area (Å²) >= 11 is 0. The number of hydrogen-bond donors (Lipinski definition) is 1. The highest BCUT2D eigenvalue weighted by molar-refractivity contribution is 5.28. The van der Waals surface area contributed by atoms with E-state index >= 15 is 0 Å². The Morgan fingerprint density at radius 2 is 1.64 bits per heavy atom. The summed E-state index contributed by atoms with van der Waals surface area (Å²) in [6.45, 7) is 8.22. The fraction of sp³-hybridized carbons (Fsp3) is 0.760. The fourth-order valence-electron chi connectivity index (χ4n) is 5.99. The van der Waals surface area contributed by atoms with Crippen LogP contribution in [-0.2, 0) is 0 Å². The summed E-state index contributed by atoms with van der Waals surface area (Å²) < 4.78 is 0. The Morgan fingerprint density at radius 3 is 2.32 bits per heavy atom. The molecule has 2 saturated heterocycles. The molecule has 1 aromatic rings. The lowest BCUT2D eigenvalue weighted by atomic mass is 9.72. The molecule has 3 nitrogen and oxygen atoms in total. The van der Waals surface area contributed by atoms with Crippen LogP contribution in [0, 0.1) is 6.92 Å². The molecule has 1 aromatic carbocycles. The quantitative estimate of drug-likeness (QED) is 0.795. The van der Waals surface area contributed by atoms with E-state index in [2.05, 4.69) is 41.0 Å². The Morgan fingerprint density at radius 1 is 0.964 bits per heavy atom. The average molecular weight is 385 g/mol. The second-order valence-corrected chi connectivity index (χ2v) is 9.76. The van der Waals surface area contributed by atoms with Gasteiger partial charge < -0.3 is 14.9 Å². The van der Waals surface area contributed by atoms with Crippen LogP contribution in [0.4, 0.5) is 0 Å². The zero-order valence-electron chi connectivity index (χ0n) is 17.9. The molecule has 4 rings (SSSR count). The van der Waals surface area contributed by atoms with E-state index < -0.39 is 5.60 Å². The van der Waals surface area contributed by atoms with Gasteiger partial charge in [0.25, 0.3) is 0 Å². The molecule has 2 aliphatic heterocycles. The first-order valence-electron chi connectivity index (χ1n) is 11.9. The zero-order chi connectivity index (χ0) is 19.4. The standard InChI is InChI=1S/C25H40N2O/c1-21-9-8-10-22(19-21)24(25(28)13-4-2-5-14-25)20-26-17-11-23(12-18-26)27-15-6-3-7-16-27/h8-10,19,23-24,28H,2-7,11-18,20H2,1H3. The third-order valence-electron chi connectivity index (χ3n) is 7.72. The van der Waals surface area contributed by atoms with E-state index in [-0.39, 0.29) is 5.92 Å². The van der Waals surface area contributed by atoms with Gasteiger partial charge in [0.2, 0.25) is 0 Å². The summed E-state index contributed by atoms with van der Waals surface area (Å²) in [5, 5.41) is 11.6. The van der Waals surface area contributed by atoms with Gasteiger partial charge in [-0.3, -0.25) is 0 Å². The SMILES string of the molecule is Cc1cccc(C(CN2CCC(N3CCCCC3)CC2)C2(O)CCCCC2)c1. The first-order chi connectivity index (χ1) is 13.6. The van der Waals surface area contributed by atoms with Gasteiger partial charge in [0, 0.05) is 18.5 Å². The highest BCUT2D eigenvalue weighted by Crippen LogP contribution is 2.41. The van der Waals surface area contributed by atoms with E-state index in [1.54, 1.807) is 0 Å². The minimum atomic E-state index is -0.518. The van der Waals surface area contributed by atoms with E-state index in [1.165, 1.54) is 88.7 Å². The number of aliphatic hydroxyl groups is 1. The molecule has 1 unspecified atom stereocenters. The van der Waals surface area contributed by atoms with E-state index in [4.69, 9.17) is 0 Å². The van der Waals surface area contributed by atoms with Crippen LogP contribution in [0.3, 0.4) is 0 Å². The van der Waals surface area contributed by atoms with Crippen molar-refractivity contribution in [1.82, 2.24) is 9.80 Å². The monoisotopic (exact) mass is 384 g/mol. The van der Waals surface area contributed by atoms with Gasteiger partial charge in [0.1, 0.15) is 0 Å². The molecule has 3 aliphatic rings. The molecule has 3 fully saturated rings. The number of rotatable bonds is 5. The van der Waals surface area contributed by atoms with Gasteiger partial charge in [-0.15, -0.1) is 0 Å². The van der Waals surface area contributed by atoms with Gasteiger partial charge >= 0.3 is 0 Å². The molecule has 0 radical (unpaired) electrons. The van der Waals surface area contributed by atoms with Crippen LogP contribution in [0.2, 0.25) is 0 Å². The van der Waals surface area contributed by atoms with Crippen molar-refractivity contribution in [1.29, 1.82) is 0 Å². The Labute approximate surface area is 172 Å². The van der Waals surface area contributed by atoms with Crippen LogP contribution in [0.25, 0.3) is 0 Å². The molecule has 156 valence electrons. The number of nitrogens with zero attached hydrogens (tertiary/aromatic N) is 2. The van der Waals surface area contributed by atoms with Crippen LogP contribution < -0.4 is 0 Å². The van der Waals surface area contributed by atoms with Gasteiger partial charge in [-0.1, -0.05) is 55.5 Å². The van der Waals surface area contributed by atoms with Gasteiger partial charge in [0.15, 0.2) is 0 Å². The highest BCUT2D eigenvalue weighted by atomic mass is 16.3. The van der Waals surface area contributed by atoms with Gasteiger partial charge in [0.05, 0.1) is 5.60 Å². The predicted molar refractivity (Wildman–Crippen MR) is 117 cm³/mol. The molecule has 3 heteroatoms. The van der Waals surface area contributed by atoms with Crippen molar-refractivity contribution in [3.63, 3.8) is 0 Å². The Balaban J connectivity index is 1.43. The maximum atomic E-state index is 11.6. The second kappa shape index (κ2) is 9.28. The average Bonchev–Trinajstić information content (AvgIpc) is 2.73. The Hall–Kier alpha value is -0.900. The Bertz CT molecular complexity index is 611. The van der Waals surface area contributed by atoms with Crippen molar-refractivity contribution in [2.45, 2.75) is 88.7 Å². The first-order valence-corrected chi connectivity index (χ1v) is 11.9. The number of aryl methyl sites for hydroxylation is 1. The maximum absolute atomic E-state index is 11.6. The van der Waals surface area contributed by atoms with E-state index in [0.29, 0.717) is 0 Å². The molecule has 2 heterocycles. The molecule has 0 bridgehead atoms. The van der Waals surface area contributed by atoms with Crippen LogP contribution in [0.1, 0.15) is 81.3 Å². The van der Waals surface area contributed by atoms with E-state index in [1.807, 2.05) is 0 Å². The fourth-order valence-corrected chi connectivity index (χ4v) is 5.99. The van der Waals surface area contributed by atoms with Crippen LogP contribution in [0.5, 0.6) is 0 Å². The summed E-state index contributed by atoms with van der Waals surface area (Å²) in [5.74, 6) is 0.249. The van der Waals surface area contributed by atoms with E-state index in [9.17, 15) is 5.11 Å². The Kier molecular flexibility index (Phi) is 6.75. The smallest absolute Gasteiger partial charge is 0.0728 e. The van der Waals surface area contributed by atoms with Gasteiger partial charge in [-0.05, 0) is 77.2 Å². The van der Waals surface area contributed by atoms with Gasteiger partial charge in [-0.25, -0.2) is 0 Å². The predicted octanol–water partition coefficient (Wildman–Crippen LogP) is 4.72. The van der Waals surface area contributed by atoms with E-state index in [0.717, 1.165) is 25.4 Å². The molecule has 28 heavy (non-hydrogen) atoms. The molecule has 0 amide bonds. The summed E-state index contributed by atoms with van der Waals surface area (Å²) in [7, 11) is 0. The lowest BCUT2D eigenvalue weighted by molar-refractivity contribution is -0.0343. The normalized spacial score (nSPS) is 26.2. The van der Waals surface area contributed by atoms with Crippen LogP contribution >= 0.6 is 0 Å². The lowest BCUT2D eigenvalue weighted by Gasteiger charge is -2.45. The summed E-state index contributed by atoms with van der Waals surface area (Å²) in [4.78, 5) is 5.41. The summed E-state index contributed by atoms with van der Waals surface area (Å²) in [6, 6.07) is 9.72. The first kappa shape index (κ1) is 20.4. The molecular weight excluding hydrogens is 344 g/mol. The zero-order valence-corrected chi connectivity index (χ0v) is 17.9. The maximum Gasteiger partial charge on any atom is 0.0728 e. The number of hydrogen-bond acceptors (Lipinski definition) is 3. The van der Waals surface area contributed by atoms with Crippen molar-refractivity contribution >= 4 is 0 Å². The van der Waals surface area contributed by atoms with Crippen LogP contribution in [0.15, 0.2) is 24.3 Å². The summed E-state index contributed by atoms with van der Waals surface area (Å²) in [5.41, 5.74) is 2.14.